The van der Waals surface area contributed by atoms with Crippen LogP contribution in [0.2, 0.25) is 0 Å². The van der Waals surface area contributed by atoms with Gasteiger partial charge in [-0.3, -0.25) is 14.7 Å². The Balaban J connectivity index is 1.86. The summed E-state index contributed by atoms with van der Waals surface area (Å²) in [7, 11) is 1.60. The third-order valence-corrected chi connectivity index (χ3v) is 4.72. The molecule has 0 spiro atoms. The molecule has 3 rings (SSSR count). The van der Waals surface area contributed by atoms with Crippen LogP contribution in [0.4, 0.5) is 0 Å². The monoisotopic (exact) mass is 326 g/mol. The number of carbonyl (C=O) groups is 2. The SMILES string of the molecule is CNC(=O)c1cn[nH]c1C1(C)CCCN(C(=O)c2ccccc2)C1. The average molecular weight is 326 g/mol. The van der Waals surface area contributed by atoms with Gasteiger partial charge in [0.25, 0.3) is 11.8 Å². The lowest BCUT2D eigenvalue weighted by molar-refractivity contribution is 0.0647. The average Bonchev–Trinajstić information content (AvgIpc) is 3.12. The highest BCUT2D eigenvalue weighted by Gasteiger charge is 2.38. The Bertz CT molecular complexity index is 740. The maximum Gasteiger partial charge on any atom is 0.254 e. The summed E-state index contributed by atoms with van der Waals surface area (Å²) in [6.45, 7) is 3.37. The largest absolute Gasteiger partial charge is 0.355 e. The van der Waals surface area contributed by atoms with E-state index in [-0.39, 0.29) is 17.2 Å². The number of aromatic amines is 1. The van der Waals surface area contributed by atoms with Crippen LogP contribution in [-0.4, -0.2) is 47.0 Å². The molecule has 0 radical (unpaired) electrons. The molecule has 0 bridgehead atoms. The molecule has 126 valence electrons. The number of hydrogen-bond donors (Lipinski definition) is 2. The third-order valence-electron chi connectivity index (χ3n) is 4.72. The lowest BCUT2D eigenvalue weighted by atomic mass is 9.77. The van der Waals surface area contributed by atoms with Gasteiger partial charge in [-0.25, -0.2) is 0 Å². The maximum atomic E-state index is 12.8. The summed E-state index contributed by atoms with van der Waals surface area (Å²) in [6.07, 6.45) is 3.34. The van der Waals surface area contributed by atoms with Crippen LogP contribution < -0.4 is 5.32 Å². The Hall–Kier alpha value is -2.63. The molecule has 1 aliphatic heterocycles. The summed E-state index contributed by atoms with van der Waals surface area (Å²) in [4.78, 5) is 26.7. The first-order valence-corrected chi connectivity index (χ1v) is 8.15. The second kappa shape index (κ2) is 6.47. The van der Waals surface area contributed by atoms with Crippen molar-refractivity contribution in [3.05, 3.63) is 53.3 Å². The number of nitrogens with zero attached hydrogens (tertiary/aromatic N) is 2. The highest BCUT2D eigenvalue weighted by Crippen LogP contribution is 2.34. The molecule has 1 atom stereocenters. The Labute approximate surface area is 141 Å². The van der Waals surface area contributed by atoms with E-state index in [1.165, 1.54) is 0 Å². The van der Waals surface area contributed by atoms with Gasteiger partial charge in [-0.15, -0.1) is 0 Å². The second-order valence-electron chi connectivity index (χ2n) is 6.49. The molecule has 2 aromatic rings. The lowest BCUT2D eigenvalue weighted by Crippen LogP contribution is -2.48. The van der Waals surface area contributed by atoms with E-state index in [0.717, 1.165) is 25.1 Å². The highest BCUT2D eigenvalue weighted by atomic mass is 16.2. The van der Waals surface area contributed by atoms with E-state index in [1.807, 2.05) is 35.2 Å². The van der Waals surface area contributed by atoms with E-state index >= 15 is 0 Å². The lowest BCUT2D eigenvalue weighted by Gasteiger charge is -2.40. The molecular formula is C18H22N4O2. The molecule has 1 saturated heterocycles. The molecule has 1 unspecified atom stereocenters. The number of benzene rings is 1. The molecule has 24 heavy (non-hydrogen) atoms. The van der Waals surface area contributed by atoms with Crippen molar-refractivity contribution in [1.29, 1.82) is 0 Å². The number of H-pyrrole nitrogens is 1. The van der Waals surface area contributed by atoms with Gasteiger partial charge in [0.05, 0.1) is 17.5 Å². The quantitative estimate of drug-likeness (QED) is 0.905. The molecule has 0 aliphatic carbocycles. The second-order valence-corrected chi connectivity index (χ2v) is 6.49. The van der Waals surface area contributed by atoms with Crippen molar-refractivity contribution in [2.75, 3.05) is 20.1 Å². The Morgan fingerprint density at radius 1 is 1.29 bits per heavy atom. The predicted octanol–water partition coefficient (Wildman–Crippen LogP) is 1.96. The van der Waals surface area contributed by atoms with Crippen LogP contribution in [0.15, 0.2) is 36.5 Å². The minimum absolute atomic E-state index is 0.0301. The number of amides is 2. The van der Waals surface area contributed by atoms with Crippen LogP contribution >= 0.6 is 0 Å². The maximum absolute atomic E-state index is 12.8. The molecule has 1 aromatic heterocycles. The number of rotatable bonds is 3. The predicted molar refractivity (Wildman–Crippen MR) is 90.9 cm³/mol. The van der Waals surface area contributed by atoms with Crippen molar-refractivity contribution in [3.8, 4) is 0 Å². The van der Waals surface area contributed by atoms with E-state index < -0.39 is 0 Å². The van der Waals surface area contributed by atoms with E-state index in [1.54, 1.807) is 13.2 Å². The molecule has 2 N–H and O–H groups in total. The Kier molecular flexibility index (Phi) is 4.38. The first kappa shape index (κ1) is 16.2. The summed E-state index contributed by atoms with van der Waals surface area (Å²) >= 11 is 0. The van der Waals surface area contributed by atoms with Crippen LogP contribution in [0.1, 0.15) is 46.2 Å². The number of piperidine rings is 1. The van der Waals surface area contributed by atoms with E-state index in [4.69, 9.17) is 0 Å². The van der Waals surface area contributed by atoms with E-state index in [2.05, 4.69) is 22.4 Å². The van der Waals surface area contributed by atoms with Gasteiger partial charge in [-0.2, -0.15) is 5.10 Å². The van der Waals surface area contributed by atoms with Crippen molar-refractivity contribution in [2.45, 2.75) is 25.2 Å². The van der Waals surface area contributed by atoms with Gasteiger partial charge in [0.2, 0.25) is 0 Å². The van der Waals surface area contributed by atoms with Gasteiger partial charge in [0.1, 0.15) is 0 Å². The number of likely N-dealkylation sites (tertiary alicyclic amines) is 1. The van der Waals surface area contributed by atoms with Gasteiger partial charge in [0.15, 0.2) is 0 Å². The molecule has 6 nitrogen and oxygen atoms in total. The van der Waals surface area contributed by atoms with Crippen LogP contribution in [0.25, 0.3) is 0 Å². The molecule has 2 heterocycles. The highest BCUT2D eigenvalue weighted by molar-refractivity contribution is 5.96. The molecule has 6 heteroatoms. The number of nitrogens with one attached hydrogen (secondary N) is 2. The zero-order chi connectivity index (χ0) is 17.2. The van der Waals surface area contributed by atoms with Crippen molar-refractivity contribution < 1.29 is 9.59 Å². The fourth-order valence-corrected chi connectivity index (χ4v) is 3.43. The van der Waals surface area contributed by atoms with Gasteiger partial charge < -0.3 is 10.2 Å². The smallest absolute Gasteiger partial charge is 0.254 e. The zero-order valence-electron chi connectivity index (χ0n) is 14.0. The van der Waals surface area contributed by atoms with Gasteiger partial charge in [-0.05, 0) is 25.0 Å². The summed E-state index contributed by atoms with van der Waals surface area (Å²) in [6, 6.07) is 9.31. The van der Waals surface area contributed by atoms with Crippen LogP contribution in [0.3, 0.4) is 0 Å². The normalized spacial score (nSPS) is 20.7. The summed E-state index contributed by atoms with van der Waals surface area (Å²) in [5.74, 6) is -0.131. The van der Waals surface area contributed by atoms with Crippen LogP contribution in [-0.2, 0) is 5.41 Å². The first-order chi connectivity index (χ1) is 11.5. The molecule has 0 saturated carbocycles. The number of hydrogen-bond acceptors (Lipinski definition) is 3. The first-order valence-electron chi connectivity index (χ1n) is 8.15. The topological polar surface area (TPSA) is 78.1 Å². The van der Waals surface area contributed by atoms with Crippen LogP contribution in [0.5, 0.6) is 0 Å². The number of carbonyl (C=O) groups excluding carboxylic acids is 2. The van der Waals surface area contributed by atoms with E-state index in [0.29, 0.717) is 17.7 Å². The third kappa shape index (κ3) is 2.91. The molecule has 1 aromatic carbocycles. The van der Waals surface area contributed by atoms with Crippen LogP contribution in [0, 0.1) is 0 Å². The van der Waals surface area contributed by atoms with E-state index in [9.17, 15) is 9.59 Å². The Morgan fingerprint density at radius 3 is 2.75 bits per heavy atom. The molecular weight excluding hydrogens is 304 g/mol. The summed E-state index contributed by atoms with van der Waals surface area (Å²) in [5, 5.41) is 9.68. The molecule has 2 amide bonds. The minimum atomic E-state index is -0.318. The Morgan fingerprint density at radius 2 is 2.04 bits per heavy atom. The standard InChI is InChI=1S/C18H22N4O2/c1-18(15-14(11-20-21-15)16(23)19-2)9-6-10-22(12-18)17(24)13-7-4-3-5-8-13/h3-5,7-8,11H,6,9-10,12H2,1-2H3,(H,19,23)(H,20,21). The van der Waals surface area contributed by atoms with Gasteiger partial charge in [0, 0.05) is 31.1 Å². The number of aromatic nitrogens is 2. The fourth-order valence-electron chi connectivity index (χ4n) is 3.43. The molecule has 1 aliphatic rings. The van der Waals surface area contributed by atoms with Crippen molar-refractivity contribution in [3.63, 3.8) is 0 Å². The molecule has 1 fully saturated rings. The fraction of sp³-hybridized carbons (Fsp3) is 0.389. The van der Waals surface area contributed by atoms with Crippen molar-refractivity contribution in [1.82, 2.24) is 20.4 Å². The zero-order valence-corrected chi connectivity index (χ0v) is 14.0. The van der Waals surface area contributed by atoms with Crippen molar-refractivity contribution in [2.24, 2.45) is 0 Å². The van der Waals surface area contributed by atoms with Crippen molar-refractivity contribution >= 4 is 11.8 Å². The van der Waals surface area contributed by atoms with Gasteiger partial charge >= 0.3 is 0 Å². The van der Waals surface area contributed by atoms with Gasteiger partial charge in [-0.1, -0.05) is 25.1 Å². The summed E-state index contributed by atoms with van der Waals surface area (Å²) < 4.78 is 0. The minimum Gasteiger partial charge on any atom is -0.355 e. The summed E-state index contributed by atoms with van der Waals surface area (Å²) in [5.41, 5.74) is 1.72.